The number of fused-ring (bicyclic) bond motifs is 5. The van der Waals surface area contributed by atoms with Crippen LogP contribution in [0.1, 0.15) is 78.5 Å². The molecule has 3 aliphatic rings. The lowest BCUT2D eigenvalue weighted by Gasteiger charge is -2.35. The average molecular weight is 570 g/mol. The van der Waals surface area contributed by atoms with Crippen molar-refractivity contribution in [1.82, 2.24) is 9.55 Å². The molecule has 0 radical (unpaired) electrons. The average Bonchev–Trinajstić information content (AvgIpc) is 3.74. The summed E-state index contributed by atoms with van der Waals surface area (Å²) in [5.74, 6) is 3.11. The van der Waals surface area contributed by atoms with Gasteiger partial charge in [0.05, 0.1) is 17.2 Å². The van der Waals surface area contributed by atoms with Gasteiger partial charge in [-0.25, -0.2) is 9.98 Å². The van der Waals surface area contributed by atoms with Gasteiger partial charge in [-0.15, -0.1) is 0 Å². The fraction of sp³-hybridized carbons (Fsp3) is 0.368. The van der Waals surface area contributed by atoms with Gasteiger partial charge in [0.2, 0.25) is 5.90 Å². The molecule has 0 spiro atoms. The molecule has 1 aliphatic carbocycles. The second-order valence-corrected chi connectivity index (χ2v) is 13.6. The summed E-state index contributed by atoms with van der Waals surface area (Å²) < 4.78 is 15.4. The number of hydrogen-bond acceptors (Lipinski definition) is 4. The van der Waals surface area contributed by atoms with Crippen LogP contribution in [-0.2, 0) is 10.2 Å². The van der Waals surface area contributed by atoms with Crippen LogP contribution >= 0.6 is 0 Å². The van der Waals surface area contributed by atoms with Crippen LogP contribution in [0.5, 0.6) is 11.5 Å². The topological polar surface area (TPSA) is 48.6 Å². The molecule has 1 saturated carbocycles. The summed E-state index contributed by atoms with van der Waals surface area (Å²) in [4.78, 5) is 10.0. The van der Waals surface area contributed by atoms with E-state index in [2.05, 4.69) is 94.6 Å². The molecular weight excluding hydrogens is 530 g/mol. The standard InChI is InChI=1S/C38H39N3O2/c1-21-14-28-26-12-9-13-29-35(26)41(36(28)39-19-21)32-18-34(24(4)16-30(32)38(29,5)6)43-33-17-27(22(2)15-23(33)3)37-40-31(20-42-37)25-10-7-8-11-25/h9,12-19,25,31H,7-8,10-11,20H2,1-6H3/t31-/m0/s1. The van der Waals surface area contributed by atoms with Gasteiger partial charge < -0.3 is 9.47 Å². The molecule has 0 amide bonds. The summed E-state index contributed by atoms with van der Waals surface area (Å²) in [6, 6.07) is 18.1. The molecule has 5 heteroatoms. The maximum absolute atomic E-state index is 6.80. The Morgan fingerprint density at radius 1 is 0.860 bits per heavy atom. The zero-order chi connectivity index (χ0) is 29.6. The van der Waals surface area contributed by atoms with E-state index in [4.69, 9.17) is 19.5 Å². The minimum atomic E-state index is -0.168. The van der Waals surface area contributed by atoms with Crippen LogP contribution in [0.25, 0.3) is 27.6 Å². The summed E-state index contributed by atoms with van der Waals surface area (Å²) in [5.41, 5.74) is 11.4. The van der Waals surface area contributed by atoms with E-state index in [0.29, 0.717) is 12.5 Å². The van der Waals surface area contributed by atoms with Gasteiger partial charge in [-0.3, -0.25) is 4.57 Å². The summed E-state index contributed by atoms with van der Waals surface area (Å²) >= 11 is 0. The highest BCUT2D eigenvalue weighted by Crippen LogP contribution is 2.49. The minimum Gasteiger partial charge on any atom is -0.475 e. The molecule has 5 nitrogen and oxygen atoms in total. The first-order valence-corrected chi connectivity index (χ1v) is 15.8. The van der Waals surface area contributed by atoms with Gasteiger partial charge in [0.15, 0.2) is 0 Å². The molecule has 5 aromatic rings. The van der Waals surface area contributed by atoms with Crippen molar-refractivity contribution in [3.05, 3.63) is 93.7 Å². The Morgan fingerprint density at radius 3 is 2.44 bits per heavy atom. The molecule has 8 rings (SSSR count). The maximum Gasteiger partial charge on any atom is 0.216 e. The Morgan fingerprint density at radius 2 is 1.63 bits per heavy atom. The van der Waals surface area contributed by atoms with Gasteiger partial charge >= 0.3 is 0 Å². The number of aliphatic imine (C=N–C) groups is 1. The third kappa shape index (κ3) is 3.97. The molecule has 0 unspecified atom stereocenters. The van der Waals surface area contributed by atoms with Crippen molar-refractivity contribution in [2.75, 3.05) is 6.61 Å². The van der Waals surface area contributed by atoms with E-state index in [0.717, 1.165) is 45.4 Å². The normalized spacial score (nSPS) is 19.1. The second-order valence-electron chi connectivity index (χ2n) is 13.6. The maximum atomic E-state index is 6.80. The zero-order valence-electron chi connectivity index (χ0n) is 26.0. The number of para-hydroxylation sites is 1. The first-order valence-electron chi connectivity index (χ1n) is 15.8. The quantitative estimate of drug-likeness (QED) is 0.217. The Kier molecular flexibility index (Phi) is 5.82. The van der Waals surface area contributed by atoms with E-state index < -0.39 is 0 Å². The van der Waals surface area contributed by atoms with Crippen molar-refractivity contribution in [3.8, 4) is 17.2 Å². The highest BCUT2D eigenvalue weighted by molar-refractivity contribution is 6.10. The molecule has 0 saturated heterocycles. The predicted molar refractivity (Wildman–Crippen MR) is 174 cm³/mol. The summed E-state index contributed by atoms with van der Waals surface area (Å²) in [7, 11) is 0. The number of benzene rings is 3. The molecule has 0 N–H and O–H groups in total. The van der Waals surface area contributed by atoms with Gasteiger partial charge in [0, 0.05) is 34.0 Å². The number of ether oxygens (including phenoxy) is 2. The third-order valence-electron chi connectivity index (χ3n) is 10.2. The molecule has 218 valence electrons. The number of hydrogen-bond donors (Lipinski definition) is 0. The smallest absolute Gasteiger partial charge is 0.216 e. The van der Waals surface area contributed by atoms with Gasteiger partial charge in [-0.2, -0.15) is 0 Å². The lowest BCUT2D eigenvalue weighted by molar-refractivity contribution is 0.279. The van der Waals surface area contributed by atoms with Crippen LogP contribution in [-0.4, -0.2) is 28.1 Å². The SMILES string of the molecule is Cc1cnc2c(c1)c1cccc3c1n2-c1cc(Oc2cc(C4=N[C@H](C5CCCC5)CO4)c(C)cc2C)c(C)cc1C3(C)C. The summed E-state index contributed by atoms with van der Waals surface area (Å²) in [6.07, 6.45) is 7.14. The van der Waals surface area contributed by atoms with E-state index in [1.807, 2.05) is 6.20 Å². The first kappa shape index (κ1) is 26.5. The van der Waals surface area contributed by atoms with Gasteiger partial charge in [0.25, 0.3) is 0 Å². The number of pyridine rings is 1. The molecule has 2 aliphatic heterocycles. The van der Waals surface area contributed by atoms with Crippen LogP contribution in [0, 0.1) is 33.6 Å². The molecular formula is C38H39N3O2. The largest absolute Gasteiger partial charge is 0.475 e. The number of rotatable bonds is 4. The molecule has 1 fully saturated rings. The third-order valence-corrected chi connectivity index (χ3v) is 10.2. The lowest BCUT2D eigenvalue weighted by Crippen LogP contribution is -2.26. The van der Waals surface area contributed by atoms with Crippen molar-refractivity contribution in [2.24, 2.45) is 10.9 Å². The Hall–Kier alpha value is -4.12. The number of nitrogens with zero attached hydrogens (tertiary/aromatic N) is 3. The van der Waals surface area contributed by atoms with E-state index in [-0.39, 0.29) is 11.5 Å². The number of aryl methyl sites for hydroxylation is 4. The first-order chi connectivity index (χ1) is 20.7. The van der Waals surface area contributed by atoms with Crippen LogP contribution in [0.3, 0.4) is 0 Å². The van der Waals surface area contributed by atoms with Crippen molar-refractivity contribution in [3.63, 3.8) is 0 Å². The van der Waals surface area contributed by atoms with Crippen LogP contribution in [0.4, 0.5) is 0 Å². The number of aromatic nitrogens is 2. The molecule has 43 heavy (non-hydrogen) atoms. The van der Waals surface area contributed by atoms with E-state index in [1.54, 1.807) is 0 Å². The molecule has 0 bridgehead atoms. The lowest BCUT2D eigenvalue weighted by atomic mass is 9.74. The molecule has 1 atom stereocenters. The summed E-state index contributed by atoms with van der Waals surface area (Å²) in [6.45, 7) is 13.9. The summed E-state index contributed by atoms with van der Waals surface area (Å²) in [5, 5.41) is 2.44. The van der Waals surface area contributed by atoms with Gasteiger partial charge in [0.1, 0.15) is 23.8 Å². The second kappa shape index (κ2) is 9.44. The minimum absolute atomic E-state index is 0.168. The Balaban J connectivity index is 1.25. The fourth-order valence-corrected chi connectivity index (χ4v) is 7.81. The van der Waals surface area contributed by atoms with Crippen LogP contribution in [0.15, 0.2) is 59.7 Å². The van der Waals surface area contributed by atoms with Gasteiger partial charge in [-0.1, -0.05) is 51.0 Å². The zero-order valence-corrected chi connectivity index (χ0v) is 26.0. The highest BCUT2D eigenvalue weighted by Gasteiger charge is 2.36. The molecule has 4 heterocycles. The van der Waals surface area contributed by atoms with Crippen molar-refractivity contribution >= 4 is 27.8 Å². The van der Waals surface area contributed by atoms with Gasteiger partial charge in [-0.05, 0) is 98.0 Å². The van der Waals surface area contributed by atoms with Crippen molar-refractivity contribution in [2.45, 2.75) is 78.7 Å². The Labute approximate surface area is 253 Å². The fourth-order valence-electron chi connectivity index (χ4n) is 7.81. The highest BCUT2D eigenvalue weighted by atomic mass is 16.5. The molecule has 2 aromatic heterocycles. The van der Waals surface area contributed by atoms with E-state index in [1.165, 1.54) is 64.2 Å². The van der Waals surface area contributed by atoms with E-state index in [9.17, 15) is 0 Å². The van der Waals surface area contributed by atoms with Crippen molar-refractivity contribution < 1.29 is 9.47 Å². The Bertz CT molecular complexity index is 1990. The van der Waals surface area contributed by atoms with E-state index >= 15 is 0 Å². The van der Waals surface area contributed by atoms with Crippen molar-refractivity contribution in [1.29, 1.82) is 0 Å². The monoisotopic (exact) mass is 569 g/mol. The molecule has 3 aromatic carbocycles. The van der Waals surface area contributed by atoms with Crippen LogP contribution in [0.2, 0.25) is 0 Å². The predicted octanol–water partition coefficient (Wildman–Crippen LogP) is 9.18. The van der Waals surface area contributed by atoms with Crippen LogP contribution < -0.4 is 4.74 Å².